The molecule has 0 radical (unpaired) electrons. The number of nitrogens with zero attached hydrogens (tertiary/aromatic N) is 2. The number of benzene rings is 1. The molecule has 0 aromatic heterocycles. The molecule has 1 aromatic carbocycles. The van der Waals surface area contributed by atoms with Crippen LogP contribution in [0.5, 0.6) is 0 Å². The van der Waals surface area contributed by atoms with Crippen molar-refractivity contribution < 1.29 is 15.8 Å². The third kappa shape index (κ3) is 5.38. The van der Waals surface area contributed by atoms with Crippen molar-refractivity contribution in [2.24, 2.45) is 0 Å². The molecule has 2 rings (SSSR count). The van der Waals surface area contributed by atoms with Crippen LogP contribution < -0.4 is 10.2 Å². The van der Waals surface area contributed by atoms with Gasteiger partial charge in [-0.2, -0.15) is 0 Å². The van der Waals surface area contributed by atoms with Crippen molar-refractivity contribution in [1.82, 2.24) is 10.2 Å². The highest BCUT2D eigenvalue weighted by Gasteiger charge is 2.25. The molecule has 0 unspecified atom stereocenters. The number of esters is 1. The van der Waals surface area contributed by atoms with E-state index in [1.54, 1.807) is 11.8 Å². The van der Waals surface area contributed by atoms with Gasteiger partial charge in [-0.05, 0) is 24.0 Å². The van der Waals surface area contributed by atoms with Crippen molar-refractivity contribution >= 4 is 17.7 Å². The standard InChI is InChI=1S/C20H31N3O3.H2/c1-5-26-18(24)10-11-21-19(25)23-14-12-22(13-15-23)17-9-7-6-8-16(17)20(2,3)4;/h6-9H,5,10-15H2,1-4H3,(H,21,25);1H. The van der Waals surface area contributed by atoms with Gasteiger partial charge in [0.15, 0.2) is 0 Å². The summed E-state index contributed by atoms with van der Waals surface area (Å²) >= 11 is 0. The zero-order valence-electron chi connectivity index (χ0n) is 16.4. The van der Waals surface area contributed by atoms with Crippen LogP contribution in [0.25, 0.3) is 0 Å². The first-order valence-corrected chi connectivity index (χ1v) is 9.35. The van der Waals surface area contributed by atoms with Gasteiger partial charge in [-0.15, -0.1) is 0 Å². The highest BCUT2D eigenvalue weighted by Crippen LogP contribution is 2.32. The number of anilines is 1. The quantitative estimate of drug-likeness (QED) is 0.817. The summed E-state index contributed by atoms with van der Waals surface area (Å²) in [5.41, 5.74) is 2.66. The number of hydrogen-bond donors (Lipinski definition) is 1. The molecule has 0 aliphatic carbocycles. The lowest BCUT2D eigenvalue weighted by molar-refractivity contribution is -0.142. The van der Waals surface area contributed by atoms with Gasteiger partial charge >= 0.3 is 12.0 Å². The zero-order chi connectivity index (χ0) is 19.2. The van der Waals surface area contributed by atoms with Crippen molar-refractivity contribution in [3.8, 4) is 0 Å². The normalized spacial score (nSPS) is 14.9. The molecule has 1 aliphatic heterocycles. The molecule has 0 saturated carbocycles. The monoisotopic (exact) mass is 363 g/mol. The lowest BCUT2D eigenvalue weighted by Crippen LogP contribution is -2.52. The molecular formula is C20H33N3O3. The molecule has 1 heterocycles. The summed E-state index contributed by atoms with van der Waals surface area (Å²) in [4.78, 5) is 27.7. The SMILES string of the molecule is CCOC(=O)CCNC(=O)N1CCN(c2ccccc2C(C)(C)C)CC1.[HH]. The molecule has 1 fully saturated rings. The number of piperazine rings is 1. The minimum Gasteiger partial charge on any atom is -0.466 e. The van der Waals surface area contributed by atoms with E-state index < -0.39 is 0 Å². The topological polar surface area (TPSA) is 61.9 Å². The lowest BCUT2D eigenvalue weighted by atomic mass is 9.85. The van der Waals surface area contributed by atoms with Crippen LogP contribution in [0.15, 0.2) is 24.3 Å². The summed E-state index contributed by atoms with van der Waals surface area (Å²) in [5.74, 6) is -0.281. The van der Waals surface area contributed by atoms with Gasteiger partial charge < -0.3 is 19.9 Å². The van der Waals surface area contributed by atoms with E-state index in [1.165, 1.54) is 11.3 Å². The molecule has 146 valence electrons. The highest BCUT2D eigenvalue weighted by atomic mass is 16.5. The second-order valence-electron chi connectivity index (χ2n) is 7.53. The van der Waals surface area contributed by atoms with Crippen molar-refractivity contribution in [3.05, 3.63) is 29.8 Å². The number of urea groups is 1. The Morgan fingerprint density at radius 3 is 2.42 bits per heavy atom. The number of carbonyl (C=O) groups is 2. The van der Waals surface area contributed by atoms with Crippen LogP contribution in [-0.4, -0.2) is 56.2 Å². The Morgan fingerprint density at radius 2 is 1.81 bits per heavy atom. The number of rotatable bonds is 5. The summed E-state index contributed by atoms with van der Waals surface area (Å²) < 4.78 is 4.86. The summed E-state index contributed by atoms with van der Waals surface area (Å²) in [6, 6.07) is 8.38. The van der Waals surface area contributed by atoms with Crippen LogP contribution in [0.4, 0.5) is 10.5 Å². The number of hydrogen-bond acceptors (Lipinski definition) is 4. The lowest BCUT2D eigenvalue weighted by Gasteiger charge is -2.38. The van der Waals surface area contributed by atoms with Crippen LogP contribution in [-0.2, 0) is 14.9 Å². The second-order valence-corrected chi connectivity index (χ2v) is 7.53. The predicted molar refractivity (Wildman–Crippen MR) is 106 cm³/mol. The Labute approximate surface area is 158 Å². The maximum atomic E-state index is 12.3. The van der Waals surface area contributed by atoms with Gasteiger partial charge in [0.1, 0.15) is 0 Å². The molecule has 0 bridgehead atoms. The molecule has 6 heteroatoms. The van der Waals surface area contributed by atoms with Crippen molar-refractivity contribution in [1.29, 1.82) is 0 Å². The van der Waals surface area contributed by atoms with Gasteiger partial charge in [-0.25, -0.2) is 4.79 Å². The minimum absolute atomic E-state index is 0. The molecule has 1 aromatic rings. The Balaban J connectivity index is 0.00000364. The van der Waals surface area contributed by atoms with Crippen LogP contribution in [0.1, 0.15) is 41.1 Å². The molecule has 2 amide bonds. The summed E-state index contributed by atoms with van der Waals surface area (Å²) in [7, 11) is 0. The fourth-order valence-electron chi connectivity index (χ4n) is 3.15. The number of nitrogens with one attached hydrogen (secondary N) is 1. The highest BCUT2D eigenvalue weighted by molar-refractivity contribution is 5.76. The maximum Gasteiger partial charge on any atom is 0.317 e. The van der Waals surface area contributed by atoms with Gasteiger partial charge in [0.2, 0.25) is 0 Å². The fraction of sp³-hybridized carbons (Fsp3) is 0.600. The molecule has 0 spiro atoms. The van der Waals surface area contributed by atoms with Crippen LogP contribution in [0.3, 0.4) is 0 Å². The van der Waals surface area contributed by atoms with Crippen molar-refractivity contribution in [2.45, 2.75) is 39.5 Å². The number of ether oxygens (including phenoxy) is 1. The fourth-order valence-corrected chi connectivity index (χ4v) is 3.15. The third-order valence-electron chi connectivity index (χ3n) is 4.53. The zero-order valence-corrected chi connectivity index (χ0v) is 16.4. The molecule has 26 heavy (non-hydrogen) atoms. The van der Waals surface area contributed by atoms with E-state index in [0.29, 0.717) is 26.2 Å². The Bertz CT molecular complexity index is 623. The first-order valence-electron chi connectivity index (χ1n) is 9.35. The third-order valence-corrected chi connectivity index (χ3v) is 4.53. The first kappa shape index (κ1) is 20.1. The summed E-state index contributed by atoms with van der Waals surface area (Å²) in [6.07, 6.45) is 0.207. The molecule has 6 nitrogen and oxygen atoms in total. The van der Waals surface area contributed by atoms with Gasteiger partial charge in [-0.3, -0.25) is 4.79 Å². The predicted octanol–water partition coefficient (Wildman–Crippen LogP) is 3.01. The Kier molecular flexibility index (Phi) is 6.89. The average molecular weight is 364 g/mol. The minimum atomic E-state index is -0.281. The van der Waals surface area contributed by atoms with Crippen molar-refractivity contribution in [2.75, 3.05) is 44.2 Å². The summed E-state index contributed by atoms with van der Waals surface area (Å²) in [5, 5.41) is 2.80. The number of para-hydroxylation sites is 1. The average Bonchev–Trinajstić information content (AvgIpc) is 2.61. The van der Waals surface area contributed by atoms with Crippen molar-refractivity contribution in [3.63, 3.8) is 0 Å². The van der Waals surface area contributed by atoms with E-state index in [4.69, 9.17) is 4.74 Å². The number of amides is 2. The second kappa shape index (κ2) is 8.92. The van der Waals surface area contributed by atoms with E-state index in [2.05, 4.69) is 55.3 Å². The van der Waals surface area contributed by atoms with E-state index in [1.807, 2.05) is 0 Å². The van der Waals surface area contributed by atoms with E-state index in [0.717, 1.165) is 13.1 Å². The molecule has 1 N–H and O–H groups in total. The smallest absolute Gasteiger partial charge is 0.317 e. The number of carbonyl (C=O) groups excluding carboxylic acids is 2. The van der Waals surface area contributed by atoms with Gasteiger partial charge in [-0.1, -0.05) is 39.0 Å². The maximum absolute atomic E-state index is 12.3. The Morgan fingerprint density at radius 1 is 1.15 bits per heavy atom. The van der Waals surface area contributed by atoms with Gasteiger partial charge in [0.25, 0.3) is 0 Å². The Hall–Kier alpha value is -2.24. The van der Waals surface area contributed by atoms with E-state index in [9.17, 15) is 9.59 Å². The van der Waals surface area contributed by atoms with Crippen LogP contribution in [0.2, 0.25) is 0 Å². The first-order chi connectivity index (χ1) is 12.3. The van der Waals surface area contributed by atoms with E-state index >= 15 is 0 Å². The molecular weight excluding hydrogens is 330 g/mol. The van der Waals surface area contributed by atoms with Gasteiger partial charge in [0.05, 0.1) is 13.0 Å². The van der Waals surface area contributed by atoms with Crippen LogP contribution in [0, 0.1) is 0 Å². The van der Waals surface area contributed by atoms with Crippen LogP contribution >= 0.6 is 0 Å². The molecule has 0 atom stereocenters. The molecule has 1 saturated heterocycles. The van der Waals surface area contributed by atoms with Gasteiger partial charge in [0, 0.05) is 39.8 Å². The van der Waals surface area contributed by atoms with E-state index in [-0.39, 0.29) is 25.3 Å². The molecule has 1 aliphatic rings. The summed E-state index contributed by atoms with van der Waals surface area (Å²) in [6.45, 7) is 12.1. The largest absolute Gasteiger partial charge is 0.466 e.